The first-order chi connectivity index (χ1) is 15.3. The lowest BCUT2D eigenvalue weighted by molar-refractivity contribution is -0.124. The van der Waals surface area contributed by atoms with Crippen molar-refractivity contribution in [2.45, 2.75) is 31.6 Å². The van der Waals surface area contributed by atoms with E-state index in [0.29, 0.717) is 35.4 Å². The summed E-state index contributed by atoms with van der Waals surface area (Å²) < 4.78 is 28.6. The number of hydrazone groups is 1. The molecule has 0 radical (unpaired) electrons. The summed E-state index contributed by atoms with van der Waals surface area (Å²) in [7, 11) is 0. The molecule has 2 aromatic rings. The molecule has 0 spiro atoms. The van der Waals surface area contributed by atoms with Crippen LogP contribution in [0.4, 0.5) is 8.78 Å². The van der Waals surface area contributed by atoms with Crippen LogP contribution in [0.2, 0.25) is 0 Å². The lowest BCUT2D eigenvalue weighted by Gasteiger charge is -2.39. The van der Waals surface area contributed by atoms with Crippen LogP contribution in [0, 0.1) is 17.0 Å². The second-order valence-corrected chi connectivity index (χ2v) is 10.6. The van der Waals surface area contributed by atoms with E-state index < -0.39 is 21.9 Å². The van der Waals surface area contributed by atoms with E-state index in [4.69, 9.17) is 10.8 Å². The van der Waals surface area contributed by atoms with Crippen LogP contribution in [-0.4, -0.2) is 33.4 Å². The van der Waals surface area contributed by atoms with Gasteiger partial charge in [-0.2, -0.15) is 10.1 Å². The van der Waals surface area contributed by atoms with Gasteiger partial charge in [0.2, 0.25) is 0 Å². The zero-order chi connectivity index (χ0) is 22.9. The van der Waals surface area contributed by atoms with Gasteiger partial charge in [-0.05, 0) is 43.1 Å². The van der Waals surface area contributed by atoms with Crippen LogP contribution < -0.4 is 5.73 Å². The number of benzene rings is 2. The molecule has 5 nitrogen and oxygen atoms in total. The van der Waals surface area contributed by atoms with Crippen LogP contribution in [0.1, 0.15) is 37.8 Å². The lowest BCUT2D eigenvalue weighted by atomic mass is 9.95. The van der Waals surface area contributed by atoms with Crippen molar-refractivity contribution in [1.29, 1.82) is 0 Å². The molecule has 0 bridgehead atoms. The average molecular weight is 475 g/mol. The number of amides is 1. The van der Waals surface area contributed by atoms with E-state index >= 15 is 0 Å². The number of nitrogens with zero attached hydrogens (tertiary/aromatic N) is 3. The van der Waals surface area contributed by atoms with Gasteiger partial charge < -0.3 is 5.73 Å². The second kappa shape index (κ2) is 8.96. The summed E-state index contributed by atoms with van der Waals surface area (Å²) in [5.41, 5.74) is 6.28. The fraction of sp³-hybridized carbons (Fsp3) is 0.348. The number of hydrogen-bond donors (Lipinski definition) is 1. The van der Waals surface area contributed by atoms with Gasteiger partial charge in [0, 0.05) is 11.3 Å². The zero-order valence-corrected chi connectivity index (χ0v) is 19.5. The number of rotatable bonds is 5. The number of halogens is 2. The monoisotopic (exact) mass is 474 g/mol. The molecule has 168 valence electrons. The van der Waals surface area contributed by atoms with Gasteiger partial charge in [-0.3, -0.25) is 4.79 Å². The summed E-state index contributed by atoms with van der Waals surface area (Å²) in [6.07, 6.45) is 1.25. The number of amidine groups is 1. The maximum absolute atomic E-state index is 14.7. The number of carbonyl (C=O) groups excluding carboxylic acids is 1. The SMILES string of the molecule is CC1(C)CSC(N2N=C(c3cc(F)ccc3F)SC2(CCCN)c2ccccc2)=NC1=O. The van der Waals surface area contributed by atoms with Crippen molar-refractivity contribution in [3.8, 4) is 0 Å². The Morgan fingerprint density at radius 1 is 1.16 bits per heavy atom. The topological polar surface area (TPSA) is 71.0 Å². The highest BCUT2D eigenvalue weighted by atomic mass is 32.2. The molecule has 0 aromatic heterocycles. The number of carbonyl (C=O) groups is 1. The Kier molecular flexibility index (Phi) is 6.42. The third-order valence-electron chi connectivity index (χ3n) is 5.42. The van der Waals surface area contributed by atoms with Crippen molar-refractivity contribution in [2.75, 3.05) is 12.3 Å². The predicted molar refractivity (Wildman–Crippen MR) is 127 cm³/mol. The van der Waals surface area contributed by atoms with Gasteiger partial charge >= 0.3 is 0 Å². The minimum Gasteiger partial charge on any atom is -0.330 e. The molecule has 32 heavy (non-hydrogen) atoms. The fourth-order valence-electron chi connectivity index (χ4n) is 3.57. The largest absolute Gasteiger partial charge is 0.330 e. The van der Waals surface area contributed by atoms with Crippen molar-refractivity contribution in [3.05, 3.63) is 71.3 Å². The fourth-order valence-corrected chi connectivity index (χ4v) is 6.13. The normalized spacial score (nSPS) is 22.7. The maximum atomic E-state index is 14.7. The molecule has 2 aliphatic heterocycles. The molecule has 0 saturated carbocycles. The molecule has 1 unspecified atom stereocenters. The highest BCUT2D eigenvalue weighted by Gasteiger charge is 2.49. The maximum Gasteiger partial charge on any atom is 0.254 e. The first kappa shape index (κ1) is 22.9. The Hall–Kier alpha value is -2.23. The van der Waals surface area contributed by atoms with Crippen LogP contribution in [0.5, 0.6) is 0 Å². The zero-order valence-electron chi connectivity index (χ0n) is 17.8. The van der Waals surface area contributed by atoms with Crippen LogP contribution in [-0.2, 0) is 9.67 Å². The standard InChI is InChI=1S/C23H24F2N4OS2/c1-22(2)14-31-21(27-20(22)30)29-23(11-6-12-26,15-7-4-3-5-8-15)32-19(28-29)17-13-16(24)9-10-18(17)25/h3-5,7-10,13H,6,11-12,14,26H2,1-2H3. The number of hydrogen-bond acceptors (Lipinski definition) is 6. The summed E-state index contributed by atoms with van der Waals surface area (Å²) in [4.78, 5) is 16.3. The van der Waals surface area contributed by atoms with E-state index in [1.807, 2.05) is 44.2 Å². The van der Waals surface area contributed by atoms with Gasteiger partial charge in [0.1, 0.15) is 21.5 Å². The number of thioether (sulfide) groups is 2. The minimum atomic E-state index is -0.789. The molecule has 0 fully saturated rings. The first-order valence-corrected chi connectivity index (χ1v) is 12.1. The van der Waals surface area contributed by atoms with Gasteiger partial charge in [-0.1, -0.05) is 67.7 Å². The first-order valence-electron chi connectivity index (χ1n) is 10.3. The molecule has 2 aliphatic rings. The molecule has 2 aromatic carbocycles. The quantitative estimate of drug-likeness (QED) is 0.666. The highest BCUT2D eigenvalue weighted by molar-refractivity contribution is 8.16. The Morgan fingerprint density at radius 3 is 2.59 bits per heavy atom. The van der Waals surface area contributed by atoms with Crippen LogP contribution in [0.15, 0.2) is 58.6 Å². The van der Waals surface area contributed by atoms with Crippen LogP contribution in [0.25, 0.3) is 0 Å². The van der Waals surface area contributed by atoms with E-state index in [0.717, 1.165) is 23.8 Å². The molecule has 9 heteroatoms. The number of aliphatic imine (C=N–C) groups is 1. The molecule has 0 saturated heterocycles. The minimum absolute atomic E-state index is 0.0821. The molecule has 1 amide bonds. The van der Waals surface area contributed by atoms with Crippen molar-refractivity contribution in [2.24, 2.45) is 21.2 Å². The summed E-state index contributed by atoms with van der Waals surface area (Å²) in [6, 6.07) is 13.0. The Bertz CT molecular complexity index is 1090. The summed E-state index contributed by atoms with van der Waals surface area (Å²) >= 11 is 2.78. The van der Waals surface area contributed by atoms with Crippen molar-refractivity contribution in [3.63, 3.8) is 0 Å². The summed E-state index contributed by atoms with van der Waals surface area (Å²) in [5, 5.41) is 7.21. The third-order valence-corrected chi connectivity index (χ3v) is 8.26. The molecular formula is C23H24F2N4OS2. The second-order valence-electron chi connectivity index (χ2n) is 8.36. The summed E-state index contributed by atoms with van der Waals surface area (Å²) in [6.45, 7) is 4.17. The Morgan fingerprint density at radius 2 is 1.91 bits per heavy atom. The molecule has 1 atom stereocenters. The molecular weight excluding hydrogens is 450 g/mol. The highest BCUT2D eigenvalue weighted by Crippen LogP contribution is 2.52. The third kappa shape index (κ3) is 4.21. The van der Waals surface area contributed by atoms with Crippen molar-refractivity contribution < 1.29 is 13.6 Å². The van der Waals surface area contributed by atoms with Crippen LogP contribution in [0.3, 0.4) is 0 Å². The lowest BCUT2D eigenvalue weighted by Crippen LogP contribution is -2.44. The van der Waals surface area contributed by atoms with Gasteiger partial charge in [0.05, 0.1) is 5.41 Å². The number of nitrogens with two attached hydrogens (primary N) is 1. The van der Waals surface area contributed by atoms with E-state index in [1.54, 1.807) is 5.01 Å². The van der Waals surface area contributed by atoms with E-state index in [1.165, 1.54) is 23.5 Å². The average Bonchev–Trinajstić information content (AvgIpc) is 3.17. The van der Waals surface area contributed by atoms with Crippen LogP contribution >= 0.6 is 23.5 Å². The molecule has 0 aliphatic carbocycles. The summed E-state index contributed by atoms with van der Waals surface area (Å²) in [5.74, 6) is -0.780. The predicted octanol–water partition coefficient (Wildman–Crippen LogP) is 4.92. The van der Waals surface area contributed by atoms with Crippen molar-refractivity contribution in [1.82, 2.24) is 5.01 Å². The van der Waals surface area contributed by atoms with E-state index in [-0.39, 0.29) is 11.5 Å². The van der Waals surface area contributed by atoms with Gasteiger partial charge in [0.15, 0.2) is 5.17 Å². The molecule has 4 rings (SSSR count). The van der Waals surface area contributed by atoms with Crippen molar-refractivity contribution >= 4 is 39.6 Å². The molecule has 2 N–H and O–H groups in total. The molecule has 2 heterocycles. The van der Waals surface area contributed by atoms with E-state index in [9.17, 15) is 13.6 Å². The smallest absolute Gasteiger partial charge is 0.254 e. The van der Waals surface area contributed by atoms with Gasteiger partial charge in [-0.15, -0.1) is 0 Å². The Balaban J connectivity index is 1.87. The van der Waals surface area contributed by atoms with E-state index in [2.05, 4.69) is 4.99 Å². The Labute approximate surface area is 194 Å². The van der Waals surface area contributed by atoms with Gasteiger partial charge in [-0.25, -0.2) is 13.8 Å². The van der Waals surface area contributed by atoms with Gasteiger partial charge in [0.25, 0.3) is 5.91 Å².